The van der Waals surface area contributed by atoms with Gasteiger partial charge in [0.05, 0.1) is 0 Å². The Labute approximate surface area is 119 Å². The fourth-order valence-corrected chi connectivity index (χ4v) is 3.06. The standard InChI is InChI=1S/C15H23BrN2/c1-17(2)15(9-4-10-15)12-18(3)11-13-5-7-14(16)8-6-13/h5-8H,4,9-12H2,1-3H3. The minimum atomic E-state index is 0.421. The van der Waals surface area contributed by atoms with Crippen molar-refractivity contribution in [3.8, 4) is 0 Å². The van der Waals surface area contributed by atoms with Gasteiger partial charge in [-0.05, 0) is 58.1 Å². The van der Waals surface area contributed by atoms with Crippen molar-refractivity contribution in [2.75, 3.05) is 27.7 Å². The molecule has 0 bridgehead atoms. The van der Waals surface area contributed by atoms with Crippen LogP contribution in [0.5, 0.6) is 0 Å². The molecule has 0 atom stereocenters. The van der Waals surface area contributed by atoms with E-state index < -0.39 is 0 Å². The average Bonchev–Trinajstić information content (AvgIpc) is 2.26. The maximum Gasteiger partial charge on any atom is 0.0330 e. The van der Waals surface area contributed by atoms with E-state index in [1.54, 1.807) is 0 Å². The number of benzene rings is 1. The normalized spacial score (nSPS) is 18.1. The van der Waals surface area contributed by atoms with Crippen LogP contribution in [-0.2, 0) is 6.54 Å². The van der Waals surface area contributed by atoms with Crippen molar-refractivity contribution < 1.29 is 0 Å². The molecule has 0 aromatic heterocycles. The molecule has 1 aliphatic carbocycles. The van der Waals surface area contributed by atoms with Gasteiger partial charge in [0.2, 0.25) is 0 Å². The first kappa shape index (κ1) is 14.0. The zero-order chi connectivity index (χ0) is 13.2. The third-order valence-electron chi connectivity index (χ3n) is 4.16. The van der Waals surface area contributed by atoms with E-state index in [9.17, 15) is 0 Å². The lowest BCUT2D eigenvalue weighted by molar-refractivity contribution is 0.0259. The van der Waals surface area contributed by atoms with Crippen LogP contribution in [0.25, 0.3) is 0 Å². The van der Waals surface area contributed by atoms with Crippen molar-refractivity contribution in [2.45, 2.75) is 31.3 Å². The molecule has 0 aliphatic heterocycles. The van der Waals surface area contributed by atoms with Gasteiger partial charge in [0.15, 0.2) is 0 Å². The molecule has 0 radical (unpaired) electrons. The SMILES string of the molecule is CN(Cc1ccc(Br)cc1)CC1(N(C)C)CCC1. The molecule has 0 unspecified atom stereocenters. The first-order valence-electron chi connectivity index (χ1n) is 6.62. The second-order valence-corrected chi connectivity index (χ2v) is 6.69. The van der Waals surface area contributed by atoms with Gasteiger partial charge < -0.3 is 9.80 Å². The van der Waals surface area contributed by atoms with Crippen LogP contribution < -0.4 is 0 Å². The largest absolute Gasteiger partial charge is 0.302 e. The third-order valence-corrected chi connectivity index (χ3v) is 4.69. The van der Waals surface area contributed by atoms with Gasteiger partial charge in [-0.3, -0.25) is 0 Å². The summed E-state index contributed by atoms with van der Waals surface area (Å²) in [7, 11) is 6.66. The molecule has 1 aliphatic rings. The second kappa shape index (κ2) is 5.72. The molecule has 100 valence electrons. The fourth-order valence-electron chi connectivity index (χ4n) is 2.79. The molecule has 1 fully saturated rings. The van der Waals surface area contributed by atoms with Gasteiger partial charge in [-0.15, -0.1) is 0 Å². The Balaban J connectivity index is 1.92. The first-order chi connectivity index (χ1) is 8.52. The molecule has 0 spiro atoms. The van der Waals surface area contributed by atoms with Gasteiger partial charge in [0, 0.05) is 23.1 Å². The van der Waals surface area contributed by atoms with Crippen LogP contribution in [0.15, 0.2) is 28.7 Å². The molecular weight excluding hydrogens is 288 g/mol. The Morgan fingerprint density at radius 2 is 1.72 bits per heavy atom. The van der Waals surface area contributed by atoms with Crippen LogP contribution in [0.2, 0.25) is 0 Å². The Morgan fingerprint density at radius 1 is 1.11 bits per heavy atom. The highest BCUT2D eigenvalue weighted by Gasteiger charge is 2.39. The molecule has 0 amide bonds. The summed E-state index contributed by atoms with van der Waals surface area (Å²) in [6.45, 7) is 2.19. The maximum absolute atomic E-state index is 3.48. The zero-order valence-corrected chi connectivity index (χ0v) is 13.2. The summed E-state index contributed by atoms with van der Waals surface area (Å²) in [6, 6.07) is 8.63. The van der Waals surface area contributed by atoms with Gasteiger partial charge in [0.1, 0.15) is 0 Å². The van der Waals surface area contributed by atoms with Crippen LogP contribution in [-0.4, -0.2) is 43.0 Å². The zero-order valence-electron chi connectivity index (χ0n) is 11.6. The molecule has 0 saturated heterocycles. The molecule has 2 nitrogen and oxygen atoms in total. The van der Waals surface area contributed by atoms with Gasteiger partial charge in [-0.1, -0.05) is 28.1 Å². The Morgan fingerprint density at radius 3 is 2.17 bits per heavy atom. The van der Waals surface area contributed by atoms with E-state index in [0.29, 0.717) is 5.54 Å². The Bertz CT molecular complexity index is 382. The number of hydrogen-bond donors (Lipinski definition) is 0. The molecule has 1 aromatic rings. The van der Waals surface area contributed by atoms with Crippen molar-refractivity contribution in [3.63, 3.8) is 0 Å². The Kier molecular flexibility index (Phi) is 4.46. The predicted molar refractivity (Wildman–Crippen MR) is 80.7 cm³/mol. The number of likely N-dealkylation sites (N-methyl/N-ethyl adjacent to an activating group) is 2. The molecule has 18 heavy (non-hydrogen) atoms. The van der Waals surface area contributed by atoms with Gasteiger partial charge in [-0.25, -0.2) is 0 Å². The average molecular weight is 311 g/mol. The van der Waals surface area contributed by atoms with E-state index in [1.165, 1.54) is 24.8 Å². The fraction of sp³-hybridized carbons (Fsp3) is 0.600. The summed E-state index contributed by atoms with van der Waals surface area (Å²) in [5, 5.41) is 0. The molecule has 1 aromatic carbocycles. The predicted octanol–water partition coefficient (Wildman–Crippen LogP) is 3.37. The van der Waals surface area contributed by atoms with Crippen LogP contribution in [0.1, 0.15) is 24.8 Å². The topological polar surface area (TPSA) is 6.48 Å². The number of nitrogens with zero attached hydrogens (tertiary/aromatic N) is 2. The lowest BCUT2D eigenvalue weighted by Gasteiger charge is -2.49. The van der Waals surface area contributed by atoms with E-state index in [4.69, 9.17) is 0 Å². The van der Waals surface area contributed by atoms with Crippen LogP contribution in [0.4, 0.5) is 0 Å². The second-order valence-electron chi connectivity index (χ2n) is 5.77. The van der Waals surface area contributed by atoms with E-state index in [2.05, 4.69) is 71.1 Å². The summed E-state index contributed by atoms with van der Waals surface area (Å²) < 4.78 is 1.15. The van der Waals surface area contributed by atoms with E-state index in [1.807, 2.05) is 0 Å². The lowest BCUT2D eigenvalue weighted by Crippen LogP contribution is -2.56. The minimum Gasteiger partial charge on any atom is -0.302 e. The van der Waals surface area contributed by atoms with E-state index in [0.717, 1.165) is 17.6 Å². The van der Waals surface area contributed by atoms with E-state index >= 15 is 0 Å². The molecular formula is C15H23BrN2. The van der Waals surface area contributed by atoms with Crippen molar-refractivity contribution in [1.82, 2.24) is 9.80 Å². The third kappa shape index (κ3) is 3.14. The summed E-state index contributed by atoms with van der Waals surface area (Å²) in [5.74, 6) is 0. The summed E-state index contributed by atoms with van der Waals surface area (Å²) in [5.41, 5.74) is 1.80. The van der Waals surface area contributed by atoms with Gasteiger partial charge >= 0.3 is 0 Å². The van der Waals surface area contributed by atoms with Crippen LogP contribution in [0.3, 0.4) is 0 Å². The van der Waals surface area contributed by atoms with E-state index in [-0.39, 0.29) is 0 Å². The van der Waals surface area contributed by atoms with Crippen molar-refractivity contribution in [3.05, 3.63) is 34.3 Å². The molecule has 1 saturated carbocycles. The number of rotatable bonds is 5. The molecule has 3 heteroatoms. The van der Waals surface area contributed by atoms with Gasteiger partial charge in [0.25, 0.3) is 0 Å². The smallest absolute Gasteiger partial charge is 0.0330 e. The van der Waals surface area contributed by atoms with Crippen LogP contribution >= 0.6 is 15.9 Å². The van der Waals surface area contributed by atoms with Crippen LogP contribution in [0, 0.1) is 0 Å². The molecule has 0 heterocycles. The number of halogens is 1. The van der Waals surface area contributed by atoms with Crippen molar-refractivity contribution in [2.24, 2.45) is 0 Å². The summed E-state index contributed by atoms with van der Waals surface area (Å²) in [4.78, 5) is 4.86. The highest BCUT2D eigenvalue weighted by molar-refractivity contribution is 9.10. The van der Waals surface area contributed by atoms with Crippen molar-refractivity contribution >= 4 is 15.9 Å². The molecule has 2 rings (SSSR count). The van der Waals surface area contributed by atoms with Crippen molar-refractivity contribution in [1.29, 1.82) is 0 Å². The summed E-state index contributed by atoms with van der Waals surface area (Å²) >= 11 is 3.48. The monoisotopic (exact) mass is 310 g/mol. The quantitative estimate of drug-likeness (QED) is 0.823. The number of hydrogen-bond acceptors (Lipinski definition) is 2. The lowest BCUT2D eigenvalue weighted by atomic mass is 9.75. The minimum absolute atomic E-state index is 0.421. The molecule has 0 N–H and O–H groups in total. The highest BCUT2D eigenvalue weighted by atomic mass is 79.9. The first-order valence-corrected chi connectivity index (χ1v) is 7.42. The summed E-state index contributed by atoms with van der Waals surface area (Å²) in [6.07, 6.45) is 4.06. The van der Waals surface area contributed by atoms with Gasteiger partial charge in [-0.2, -0.15) is 0 Å². The Hall–Kier alpha value is -0.380. The maximum atomic E-state index is 3.48. The highest BCUT2D eigenvalue weighted by Crippen LogP contribution is 2.36.